The Bertz CT molecular complexity index is 477. The first-order chi connectivity index (χ1) is 9.22. The van der Waals surface area contributed by atoms with E-state index in [0.717, 1.165) is 23.7 Å². The summed E-state index contributed by atoms with van der Waals surface area (Å²) in [5.41, 5.74) is 1.01. The van der Waals surface area contributed by atoms with Crippen LogP contribution in [0.15, 0.2) is 24.3 Å². The predicted molar refractivity (Wildman–Crippen MR) is 81.9 cm³/mol. The summed E-state index contributed by atoms with van der Waals surface area (Å²) < 4.78 is 1.17. The highest BCUT2D eigenvalue weighted by molar-refractivity contribution is 7.22. The maximum absolute atomic E-state index is 9.99. The molecule has 2 aromatic rings. The maximum atomic E-state index is 9.99. The number of aliphatic hydroxyl groups excluding tert-OH is 1. The third-order valence-electron chi connectivity index (χ3n) is 3.15. The molecule has 104 valence electrons. The van der Waals surface area contributed by atoms with Crippen LogP contribution in [0.1, 0.15) is 13.8 Å². The summed E-state index contributed by atoms with van der Waals surface area (Å²) in [5.74, 6) is 0. The molecule has 1 aromatic heterocycles. The fraction of sp³-hybridized carbons (Fsp3) is 0.500. The summed E-state index contributed by atoms with van der Waals surface area (Å²) in [6.45, 7) is 7.39. The van der Waals surface area contributed by atoms with Crippen LogP contribution < -0.4 is 5.32 Å². The molecule has 0 aliphatic rings. The van der Waals surface area contributed by atoms with Crippen LogP contribution in [0.2, 0.25) is 0 Å². The molecule has 0 fully saturated rings. The second kappa shape index (κ2) is 6.84. The molecule has 0 aliphatic heterocycles. The lowest BCUT2D eigenvalue weighted by atomic mass is 10.3. The Morgan fingerprint density at radius 3 is 2.74 bits per heavy atom. The number of likely N-dealkylation sites (N-methyl/N-ethyl adjacent to an activating group) is 1. The predicted octanol–water partition coefficient (Wildman–Crippen LogP) is 2.41. The molecule has 0 spiro atoms. The van der Waals surface area contributed by atoms with Crippen LogP contribution in [-0.2, 0) is 0 Å². The van der Waals surface area contributed by atoms with Crippen LogP contribution in [0.25, 0.3) is 10.2 Å². The van der Waals surface area contributed by atoms with Gasteiger partial charge in [0.25, 0.3) is 0 Å². The number of fused-ring (bicyclic) bond motifs is 1. The summed E-state index contributed by atoms with van der Waals surface area (Å²) in [4.78, 5) is 6.70. The minimum absolute atomic E-state index is 0.369. The second-order valence-corrected chi connectivity index (χ2v) is 5.54. The fourth-order valence-electron chi connectivity index (χ4n) is 2.00. The van der Waals surface area contributed by atoms with Crippen molar-refractivity contribution in [3.05, 3.63) is 24.3 Å². The van der Waals surface area contributed by atoms with E-state index in [-0.39, 0.29) is 6.10 Å². The Hall–Kier alpha value is -1.17. The molecule has 1 unspecified atom stereocenters. The van der Waals surface area contributed by atoms with Gasteiger partial charge in [0.1, 0.15) is 0 Å². The lowest BCUT2D eigenvalue weighted by molar-refractivity contribution is 0.128. The first kappa shape index (κ1) is 14.2. The van der Waals surface area contributed by atoms with Crippen LogP contribution >= 0.6 is 11.3 Å². The number of hydrogen-bond acceptors (Lipinski definition) is 5. The van der Waals surface area contributed by atoms with Crippen molar-refractivity contribution in [3.63, 3.8) is 0 Å². The van der Waals surface area contributed by atoms with E-state index >= 15 is 0 Å². The van der Waals surface area contributed by atoms with Gasteiger partial charge in [-0.3, -0.25) is 0 Å². The molecule has 0 radical (unpaired) electrons. The third-order valence-corrected chi connectivity index (χ3v) is 4.14. The molecule has 1 heterocycles. The molecule has 2 rings (SSSR count). The minimum Gasteiger partial charge on any atom is -0.390 e. The van der Waals surface area contributed by atoms with Crippen molar-refractivity contribution in [2.45, 2.75) is 20.0 Å². The molecule has 1 aromatic carbocycles. The fourth-order valence-corrected chi connectivity index (χ4v) is 2.87. The average Bonchev–Trinajstić information content (AvgIpc) is 2.85. The first-order valence-electron chi connectivity index (χ1n) is 6.72. The average molecular weight is 279 g/mol. The van der Waals surface area contributed by atoms with Crippen molar-refractivity contribution < 1.29 is 5.11 Å². The van der Waals surface area contributed by atoms with Gasteiger partial charge in [-0.05, 0) is 25.2 Å². The van der Waals surface area contributed by atoms with Crippen molar-refractivity contribution >= 4 is 26.7 Å². The summed E-state index contributed by atoms with van der Waals surface area (Å²) in [7, 11) is 0. The monoisotopic (exact) mass is 279 g/mol. The highest BCUT2D eigenvalue weighted by Gasteiger charge is 2.10. The molecule has 5 heteroatoms. The molecule has 0 bridgehead atoms. The van der Waals surface area contributed by atoms with Crippen LogP contribution in [0.5, 0.6) is 0 Å². The van der Waals surface area contributed by atoms with E-state index in [2.05, 4.69) is 35.1 Å². The van der Waals surface area contributed by atoms with Crippen molar-refractivity contribution in [1.29, 1.82) is 0 Å². The van der Waals surface area contributed by atoms with E-state index in [4.69, 9.17) is 0 Å². The number of aliphatic hydroxyl groups is 1. The van der Waals surface area contributed by atoms with E-state index in [0.29, 0.717) is 13.1 Å². The van der Waals surface area contributed by atoms with Crippen molar-refractivity contribution in [1.82, 2.24) is 9.88 Å². The van der Waals surface area contributed by atoms with Gasteiger partial charge in [0.2, 0.25) is 0 Å². The number of rotatable bonds is 7. The molecule has 0 saturated carbocycles. The third kappa shape index (κ3) is 3.89. The van der Waals surface area contributed by atoms with Gasteiger partial charge in [0, 0.05) is 13.1 Å². The largest absolute Gasteiger partial charge is 0.390 e. The number of aromatic nitrogens is 1. The zero-order valence-electron chi connectivity index (χ0n) is 11.5. The highest BCUT2D eigenvalue weighted by atomic mass is 32.1. The molecule has 0 saturated heterocycles. The van der Waals surface area contributed by atoms with Gasteiger partial charge in [-0.2, -0.15) is 0 Å². The number of thiazole rings is 1. The Labute approximate surface area is 118 Å². The van der Waals surface area contributed by atoms with Crippen LogP contribution in [-0.4, -0.2) is 47.3 Å². The Morgan fingerprint density at radius 1 is 1.32 bits per heavy atom. The molecule has 4 nitrogen and oxygen atoms in total. The van der Waals surface area contributed by atoms with Crippen LogP contribution in [0.3, 0.4) is 0 Å². The van der Waals surface area contributed by atoms with E-state index < -0.39 is 0 Å². The number of para-hydroxylation sites is 1. The lowest BCUT2D eigenvalue weighted by Gasteiger charge is -2.21. The zero-order valence-corrected chi connectivity index (χ0v) is 12.3. The van der Waals surface area contributed by atoms with Gasteiger partial charge in [-0.1, -0.05) is 37.3 Å². The van der Waals surface area contributed by atoms with Crippen LogP contribution in [0, 0.1) is 0 Å². The van der Waals surface area contributed by atoms with Crippen molar-refractivity contribution in [3.8, 4) is 0 Å². The van der Waals surface area contributed by atoms with Gasteiger partial charge in [-0.25, -0.2) is 4.98 Å². The number of anilines is 1. The molecule has 0 aliphatic carbocycles. The van der Waals surface area contributed by atoms with Gasteiger partial charge in [-0.15, -0.1) is 0 Å². The quantitative estimate of drug-likeness (QED) is 0.817. The van der Waals surface area contributed by atoms with Gasteiger partial charge >= 0.3 is 0 Å². The highest BCUT2D eigenvalue weighted by Crippen LogP contribution is 2.25. The van der Waals surface area contributed by atoms with E-state index in [9.17, 15) is 5.11 Å². The number of nitrogens with one attached hydrogen (secondary N) is 1. The van der Waals surface area contributed by atoms with Crippen LogP contribution in [0.4, 0.5) is 5.13 Å². The smallest absolute Gasteiger partial charge is 0.183 e. The van der Waals surface area contributed by atoms with Gasteiger partial charge in [0.15, 0.2) is 5.13 Å². The Kier molecular flexibility index (Phi) is 5.13. The normalized spacial score (nSPS) is 13.1. The zero-order chi connectivity index (χ0) is 13.7. The summed E-state index contributed by atoms with van der Waals surface area (Å²) in [6.07, 6.45) is -0.369. The summed E-state index contributed by atoms with van der Waals surface area (Å²) >= 11 is 1.62. The Morgan fingerprint density at radius 2 is 2.05 bits per heavy atom. The van der Waals surface area contributed by atoms with Gasteiger partial charge in [0.05, 0.1) is 16.3 Å². The summed E-state index contributed by atoms with van der Waals surface area (Å²) in [5, 5.41) is 14.1. The standard InChI is InChI=1S/C14H21N3OS/c1-3-17(4-2)10-11(18)9-15-14-16-12-7-5-6-8-13(12)19-14/h5-8,11,18H,3-4,9-10H2,1-2H3,(H,15,16). The van der Waals surface area contributed by atoms with Gasteiger partial charge < -0.3 is 15.3 Å². The topological polar surface area (TPSA) is 48.4 Å². The first-order valence-corrected chi connectivity index (χ1v) is 7.54. The molecule has 19 heavy (non-hydrogen) atoms. The summed E-state index contributed by atoms with van der Waals surface area (Å²) in [6, 6.07) is 8.06. The van der Waals surface area contributed by atoms with E-state index in [1.165, 1.54) is 4.70 Å². The lowest BCUT2D eigenvalue weighted by Crippen LogP contribution is -2.35. The van der Waals surface area contributed by atoms with E-state index in [1.807, 2.05) is 18.2 Å². The maximum Gasteiger partial charge on any atom is 0.183 e. The molecule has 1 atom stereocenters. The van der Waals surface area contributed by atoms with E-state index in [1.54, 1.807) is 11.3 Å². The number of nitrogens with zero attached hydrogens (tertiary/aromatic N) is 2. The second-order valence-electron chi connectivity index (χ2n) is 4.51. The Balaban J connectivity index is 1.87. The number of hydrogen-bond donors (Lipinski definition) is 2. The molecule has 2 N–H and O–H groups in total. The van der Waals surface area contributed by atoms with Crippen molar-refractivity contribution in [2.75, 3.05) is 31.5 Å². The number of benzene rings is 1. The molecule has 0 amide bonds. The SMILES string of the molecule is CCN(CC)CC(O)CNc1nc2ccccc2s1. The van der Waals surface area contributed by atoms with Crippen molar-refractivity contribution in [2.24, 2.45) is 0 Å². The minimum atomic E-state index is -0.369. The molecular formula is C14H21N3OS. The molecular weight excluding hydrogens is 258 g/mol.